The highest BCUT2D eigenvalue weighted by molar-refractivity contribution is 5.85. The lowest BCUT2D eigenvalue weighted by Crippen LogP contribution is -2.01. The number of aromatic nitrogens is 1. The average Bonchev–Trinajstić information content (AvgIpc) is 2.96. The van der Waals surface area contributed by atoms with Crippen LogP contribution in [-0.2, 0) is 7.05 Å². The molecule has 0 aliphatic heterocycles. The van der Waals surface area contributed by atoms with Crippen LogP contribution in [0.4, 0.5) is 0 Å². The van der Waals surface area contributed by atoms with Crippen molar-refractivity contribution in [3.8, 4) is 11.5 Å². The predicted molar refractivity (Wildman–Crippen MR) is 116 cm³/mol. The molecule has 0 fully saturated rings. The summed E-state index contributed by atoms with van der Waals surface area (Å²) in [6.07, 6.45) is 9.30. The number of hydrogen-bond acceptors (Lipinski definition) is 2. The van der Waals surface area contributed by atoms with Gasteiger partial charge in [-0.05, 0) is 64.5 Å². The maximum absolute atomic E-state index is 5.46. The van der Waals surface area contributed by atoms with Crippen molar-refractivity contribution in [2.24, 2.45) is 7.05 Å². The Hall–Kier alpha value is -2.16. The number of fused-ring (bicyclic) bond motifs is 1. The first kappa shape index (κ1) is 21.1. The van der Waals surface area contributed by atoms with E-state index in [-0.39, 0.29) is 0 Å². The van der Waals surface area contributed by atoms with Crippen molar-refractivity contribution in [2.75, 3.05) is 14.2 Å². The molecule has 27 heavy (non-hydrogen) atoms. The lowest BCUT2D eigenvalue weighted by molar-refractivity contribution is 0.355. The van der Waals surface area contributed by atoms with Gasteiger partial charge in [-0.3, -0.25) is 0 Å². The smallest absolute Gasteiger partial charge is 0.162 e. The van der Waals surface area contributed by atoms with Crippen LogP contribution in [0.1, 0.15) is 65.0 Å². The normalized spacial score (nSPS) is 12.9. The Morgan fingerprint density at radius 3 is 2.30 bits per heavy atom. The van der Waals surface area contributed by atoms with E-state index in [1.54, 1.807) is 14.2 Å². The lowest BCUT2D eigenvalue weighted by atomic mass is 9.99. The van der Waals surface area contributed by atoms with Crippen molar-refractivity contribution in [3.05, 3.63) is 47.2 Å². The summed E-state index contributed by atoms with van der Waals surface area (Å²) < 4.78 is 13.2. The standard InChI is InChI=1S/C24H35NO2/c1-17(2)10-8-11-18(3)12-9-13-19(4)21-14-20-15-23(26-6)24(27-7)16-22(20)25(21)5/h10,12,14-16,19H,8-9,11,13H2,1-7H3/b18-12+. The van der Waals surface area contributed by atoms with Gasteiger partial charge in [0.1, 0.15) is 0 Å². The Kier molecular flexibility index (Phi) is 7.58. The molecule has 0 aliphatic rings. The highest BCUT2D eigenvalue weighted by atomic mass is 16.5. The third-order valence-electron chi connectivity index (χ3n) is 5.27. The third kappa shape index (κ3) is 5.41. The fourth-order valence-corrected chi connectivity index (χ4v) is 3.58. The van der Waals surface area contributed by atoms with Crippen molar-refractivity contribution >= 4 is 10.9 Å². The number of rotatable bonds is 9. The molecule has 2 aromatic rings. The van der Waals surface area contributed by atoms with Gasteiger partial charge in [0.25, 0.3) is 0 Å². The van der Waals surface area contributed by atoms with Crippen LogP contribution in [0.25, 0.3) is 10.9 Å². The number of allylic oxidation sites excluding steroid dienone is 4. The van der Waals surface area contributed by atoms with Crippen molar-refractivity contribution < 1.29 is 9.47 Å². The molecule has 1 heterocycles. The van der Waals surface area contributed by atoms with Crippen LogP contribution in [0, 0.1) is 0 Å². The van der Waals surface area contributed by atoms with Gasteiger partial charge in [0.15, 0.2) is 11.5 Å². The van der Waals surface area contributed by atoms with E-state index in [2.05, 4.69) is 69.7 Å². The van der Waals surface area contributed by atoms with Gasteiger partial charge in [-0.2, -0.15) is 0 Å². The van der Waals surface area contributed by atoms with E-state index in [0.717, 1.165) is 37.2 Å². The van der Waals surface area contributed by atoms with Gasteiger partial charge in [0.2, 0.25) is 0 Å². The van der Waals surface area contributed by atoms with E-state index in [9.17, 15) is 0 Å². The predicted octanol–water partition coefficient (Wildman–Crippen LogP) is 6.77. The second kappa shape index (κ2) is 9.68. The number of benzene rings is 1. The van der Waals surface area contributed by atoms with Crippen LogP contribution in [0.3, 0.4) is 0 Å². The molecular formula is C24H35NO2. The summed E-state index contributed by atoms with van der Waals surface area (Å²) >= 11 is 0. The van der Waals surface area contributed by atoms with Crippen molar-refractivity contribution in [1.82, 2.24) is 4.57 Å². The summed E-state index contributed by atoms with van der Waals surface area (Å²) in [5.41, 5.74) is 5.44. The molecule has 148 valence electrons. The second-order valence-electron chi connectivity index (χ2n) is 7.74. The van der Waals surface area contributed by atoms with Crippen molar-refractivity contribution in [3.63, 3.8) is 0 Å². The Morgan fingerprint density at radius 2 is 1.67 bits per heavy atom. The number of hydrogen-bond donors (Lipinski definition) is 0. The molecule has 3 nitrogen and oxygen atoms in total. The Morgan fingerprint density at radius 1 is 1.00 bits per heavy atom. The number of aryl methyl sites for hydroxylation is 1. The monoisotopic (exact) mass is 369 g/mol. The minimum absolute atomic E-state index is 0.501. The van der Waals surface area contributed by atoms with E-state index in [1.807, 2.05) is 0 Å². The molecule has 0 aliphatic carbocycles. The van der Waals surface area contributed by atoms with Gasteiger partial charge in [-0.1, -0.05) is 30.2 Å². The summed E-state index contributed by atoms with van der Waals surface area (Å²) in [6, 6.07) is 6.42. The molecule has 3 heteroatoms. The molecule has 0 radical (unpaired) electrons. The molecular weight excluding hydrogens is 334 g/mol. The number of ether oxygens (including phenoxy) is 2. The first-order valence-corrected chi connectivity index (χ1v) is 9.87. The summed E-state index contributed by atoms with van der Waals surface area (Å²) in [5.74, 6) is 2.06. The Labute approximate surface area is 164 Å². The molecule has 1 unspecified atom stereocenters. The number of nitrogens with zero attached hydrogens (tertiary/aromatic N) is 1. The Bertz CT molecular complexity index is 823. The molecule has 0 bridgehead atoms. The SMILES string of the molecule is COc1cc2cc(C(C)CC/C=C(\C)CCC=C(C)C)n(C)c2cc1OC. The number of methoxy groups -OCH3 is 2. The lowest BCUT2D eigenvalue weighted by Gasteiger charge is -2.13. The van der Waals surface area contributed by atoms with Gasteiger partial charge in [-0.25, -0.2) is 0 Å². The van der Waals surface area contributed by atoms with Gasteiger partial charge < -0.3 is 14.0 Å². The Balaban J connectivity index is 2.08. The van der Waals surface area contributed by atoms with Crippen LogP contribution in [0.5, 0.6) is 11.5 Å². The van der Waals surface area contributed by atoms with Gasteiger partial charge >= 0.3 is 0 Å². The van der Waals surface area contributed by atoms with E-state index in [1.165, 1.54) is 27.7 Å². The van der Waals surface area contributed by atoms with Gasteiger partial charge in [-0.15, -0.1) is 0 Å². The van der Waals surface area contributed by atoms with Crippen LogP contribution in [0.2, 0.25) is 0 Å². The molecule has 1 aromatic heterocycles. The highest BCUT2D eigenvalue weighted by Gasteiger charge is 2.15. The topological polar surface area (TPSA) is 23.4 Å². The molecule has 0 amide bonds. The van der Waals surface area contributed by atoms with Crippen LogP contribution in [0.15, 0.2) is 41.5 Å². The fraction of sp³-hybridized carbons (Fsp3) is 0.500. The van der Waals surface area contributed by atoms with Crippen LogP contribution < -0.4 is 9.47 Å². The van der Waals surface area contributed by atoms with E-state index < -0.39 is 0 Å². The first-order chi connectivity index (χ1) is 12.9. The average molecular weight is 370 g/mol. The van der Waals surface area contributed by atoms with E-state index in [0.29, 0.717) is 5.92 Å². The molecule has 0 saturated carbocycles. The molecule has 0 spiro atoms. The van der Waals surface area contributed by atoms with Crippen LogP contribution >= 0.6 is 0 Å². The minimum Gasteiger partial charge on any atom is -0.493 e. The summed E-state index contributed by atoms with van der Waals surface area (Å²) in [7, 11) is 5.51. The molecule has 1 aromatic carbocycles. The summed E-state index contributed by atoms with van der Waals surface area (Å²) in [6.45, 7) is 8.89. The fourth-order valence-electron chi connectivity index (χ4n) is 3.58. The highest BCUT2D eigenvalue weighted by Crippen LogP contribution is 2.35. The second-order valence-corrected chi connectivity index (χ2v) is 7.74. The maximum atomic E-state index is 5.46. The minimum atomic E-state index is 0.501. The first-order valence-electron chi connectivity index (χ1n) is 9.87. The van der Waals surface area contributed by atoms with Crippen molar-refractivity contribution in [1.29, 1.82) is 0 Å². The molecule has 0 saturated heterocycles. The molecule has 0 N–H and O–H groups in total. The zero-order chi connectivity index (χ0) is 20.0. The van der Waals surface area contributed by atoms with Crippen LogP contribution in [-0.4, -0.2) is 18.8 Å². The van der Waals surface area contributed by atoms with Crippen molar-refractivity contribution in [2.45, 2.75) is 59.3 Å². The van der Waals surface area contributed by atoms with Gasteiger partial charge in [0.05, 0.1) is 19.7 Å². The zero-order valence-corrected chi connectivity index (χ0v) is 18.1. The zero-order valence-electron chi connectivity index (χ0n) is 18.1. The van der Waals surface area contributed by atoms with E-state index in [4.69, 9.17) is 9.47 Å². The summed E-state index contributed by atoms with van der Waals surface area (Å²) in [5, 5.41) is 1.20. The van der Waals surface area contributed by atoms with Gasteiger partial charge in [0, 0.05) is 24.2 Å². The maximum Gasteiger partial charge on any atom is 0.162 e. The summed E-state index contributed by atoms with van der Waals surface area (Å²) in [4.78, 5) is 0. The third-order valence-corrected chi connectivity index (χ3v) is 5.27. The van der Waals surface area contributed by atoms with E-state index >= 15 is 0 Å². The largest absolute Gasteiger partial charge is 0.493 e. The molecule has 1 atom stereocenters. The molecule has 2 rings (SSSR count). The quantitative estimate of drug-likeness (QED) is 0.455.